The Kier molecular flexibility index (Phi) is 4.58. The largest absolute Gasteiger partial charge is 0.478 e. The maximum atomic E-state index is 12.0. The van der Waals surface area contributed by atoms with Crippen molar-refractivity contribution in [1.82, 2.24) is 0 Å². The lowest BCUT2D eigenvalue weighted by atomic mass is 10.2. The maximum Gasteiger partial charge on any atom is 0.337 e. The molecule has 1 amide bonds. The van der Waals surface area contributed by atoms with E-state index in [1.165, 1.54) is 17.4 Å². The van der Waals surface area contributed by atoms with Gasteiger partial charge < -0.3 is 10.4 Å². The second kappa shape index (κ2) is 6.02. The number of aromatic carboxylic acids is 1. The highest BCUT2D eigenvalue weighted by Gasteiger charge is 2.15. The number of benzene rings is 1. The first-order valence-corrected chi connectivity index (χ1v) is 7.76. The summed E-state index contributed by atoms with van der Waals surface area (Å²) in [5, 5.41) is 11.7. The van der Waals surface area contributed by atoms with E-state index < -0.39 is 5.97 Å². The van der Waals surface area contributed by atoms with Crippen LogP contribution >= 0.6 is 49.9 Å². The van der Waals surface area contributed by atoms with Crippen LogP contribution in [0.15, 0.2) is 34.1 Å². The van der Waals surface area contributed by atoms with E-state index in [1.807, 2.05) is 22.6 Å². The monoisotopic (exact) mass is 451 g/mol. The predicted molar refractivity (Wildman–Crippen MR) is 86.1 cm³/mol. The highest BCUT2D eigenvalue weighted by Crippen LogP contribution is 2.24. The van der Waals surface area contributed by atoms with Crippen molar-refractivity contribution in [2.45, 2.75) is 0 Å². The molecule has 2 N–H and O–H groups in total. The minimum Gasteiger partial charge on any atom is -0.478 e. The molecule has 0 fully saturated rings. The van der Waals surface area contributed by atoms with Crippen LogP contribution in [0.3, 0.4) is 0 Å². The lowest BCUT2D eigenvalue weighted by Crippen LogP contribution is -2.13. The molecule has 0 aliphatic heterocycles. The fourth-order valence-electron chi connectivity index (χ4n) is 1.42. The molecule has 0 unspecified atom stereocenters. The summed E-state index contributed by atoms with van der Waals surface area (Å²) in [4.78, 5) is 23.6. The minimum absolute atomic E-state index is 0.0795. The molecule has 0 saturated carbocycles. The smallest absolute Gasteiger partial charge is 0.337 e. The first-order valence-electron chi connectivity index (χ1n) is 5.07. The third kappa shape index (κ3) is 3.54. The highest BCUT2D eigenvalue weighted by atomic mass is 127. The van der Waals surface area contributed by atoms with Crippen molar-refractivity contribution in [3.63, 3.8) is 0 Å². The van der Waals surface area contributed by atoms with Gasteiger partial charge in [0.2, 0.25) is 0 Å². The Morgan fingerprint density at radius 2 is 2.00 bits per heavy atom. The second-order valence-electron chi connectivity index (χ2n) is 3.55. The zero-order chi connectivity index (χ0) is 14.0. The van der Waals surface area contributed by atoms with Crippen LogP contribution in [0.25, 0.3) is 0 Å². The molecule has 4 nitrogen and oxygen atoms in total. The van der Waals surface area contributed by atoms with Gasteiger partial charge in [-0.2, -0.15) is 0 Å². The summed E-state index contributed by atoms with van der Waals surface area (Å²) < 4.78 is 1.64. The molecule has 2 aromatic rings. The highest BCUT2D eigenvalue weighted by molar-refractivity contribution is 14.1. The second-order valence-corrected chi connectivity index (χ2v) is 7.26. The summed E-state index contributed by atoms with van der Waals surface area (Å²) in [6.07, 6.45) is 0. The van der Waals surface area contributed by atoms with Crippen molar-refractivity contribution in [2.24, 2.45) is 0 Å². The van der Waals surface area contributed by atoms with Gasteiger partial charge in [-0.25, -0.2) is 4.79 Å². The van der Waals surface area contributed by atoms with Crippen LogP contribution in [-0.4, -0.2) is 17.0 Å². The Labute approximate surface area is 135 Å². The fourth-order valence-corrected chi connectivity index (χ4v) is 3.20. The molecular formula is C12H7BrINO3S. The third-order valence-corrected chi connectivity index (χ3v) is 4.55. The van der Waals surface area contributed by atoms with Gasteiger partial charge in [-0.05, 0) is 68.9 Å². The number of nitrogens with one attached hydrogen (secondary N) is 1. The van der Waals surface area contributed by atoms with Gasteiger partial charge in [0.05, 0.1) is 19.9 Å². The van der Waals surface area contributed by atoms with Crippen LogP contribution in [0, 0.1) is 3.57 Å². The Morgan fingerprint density at radius 1 is 1.26 bits per heavy atom. The maximum absolute atomic E-state index is 12.0. The lowest BCUT2D eigenvalue weighted by Gasteiger charge is -2.07. The topological polar surface area (TPSA) is 66.4 Å². The van der Waals surface area contributed by atoms with Crippen molar-refractivity contribution in [3.8, 4) is 0 Å². The molecule has 0 atom stereocenters. The van der Waals surface area contributed by atoms with Crippen LogP contribution in [0.5, 0.6) is 0 Å². The number of anilines is 1. The molecule has 98 valence electrons. The number of halogens is 2. The SMILES string of the molecule is O=C(Nc1ccc(I)cc1C(=O)O)c1ccc(Br)s1. The van der Waals surface area contributed by atoms with Gasteiger partial charge in [0.25, 0.3) is 5.91 Å². The molecule has 0 aliphatic rings. The molecule has 1 aromatic carbocycles. The number of rotatable bonds is 3. The quantitative estimate of drug-likeness (QED) is 0.691. The average Bonchev–Trinajstić information content (AvgIpc) is 2.78. The van der Waals surface area contributed by atoms with E-state index in [4.69, 9.17) is 5.11 Å². The summed E-state index contributed by atoms with van der Waals surface area (Å²) in [5.41, 5.74) is 0.373. The number of thiophene rings is 1. The molecule has 2 rings (SSSR count). The van der Waals surface area contributed by atoms with Gasteiger partial charge in [0, 0.05) is 3.57 Å². The Bertz CT molecular complexity index is 656. The number of hydrogen-bond donors (Lipinski definition) is 2. The minimum atomic E-state index is -1.07. The van der Waals surface area contributed by atoms with Crippen molar-refractivity contribution in [2.75, 3.05) is 5.32 Å². The number of carboxylic acid groups (broad SMARTS) is 1. The van der Waals surface area contributed by atoms with Crippen LogP contribution in [0.1, 0.15) is 20.0 Å². The van der Waals surface area contributed by atoms with E-state index in [0.717, 1.165) is 7.36 Å². The Morgan fingerprint density at radius 3 is 2.58 bits per heavy atom. The van der Waals surface area contributed by atoms with E-state index in [0.29, 0.717) is 10.6 Å². The van der Waals surface area contributed by atoms with Gasteiger partial charge in [-0.3, -0.25) is 4.79 Å². The molecule has 0 bridgehead atoms. The van der Waals surface area contributed by atoms with Crippen LogP contribution < -0.4 is 5.32 Å². The molecule has 1 aromatic heterocycles. The number of carboxylic acids is 1. The molecule has 19 heavy (non-hydrogen) atoms. The Hall–Kier alpha value is -0.930. The van der Waals surface area contributed by atoms with Crippen molar-refractivity contribution < 1.29 is 14.7 Å². The van der Waals surface area contributed by atoms with Crippen molar-refractivity contribution in [1.29, 1.82) is 0 Å². The summed E-state index contributed by atoms with van der Waals surface area (Å²) in [6.45, 7) is 0. The summed E-state index contributed by atoms with van der Waals surface area (Å²) in [6, 6.07) is 8.30. The van der Waals surface area contributed by atoms with Gasteiger partial charge in [-0.1, -0.05) is 0 Å². The molecule has 0 spiro atoms. The van der Waals surface area contributed by atoms with E-state index in [9.17, 15) is 9.59 Å². The van der Waals surface area contributed by atoms with E-state index in [-0.39, 0.29) is 11.5 Å². The molecule has 0 aliphatic carbocycles. The zero-order valence-electron chi connectivity index (χ0n) is 9.31. The van der Waals surface area contributed by atoms with Crippen molar-refractivity contribution in [3.05, 3.63) is 48.1 Å². The zero-order valence-corrected chi connectivity index (χ0v) is 13.9. The summed E-state index contributed by atoms with van der Waals surface area (Å²) >= 11 is 6.59. The summed E-state index contributed by atoms with van der Waals surface area (Å²) in [5.74, 6) is -1.39. The fraction of sp³-hybridized carbons (Fsp3) is 0. The number of carbonyl (C=O) groups is 2. The lowest BCUT2D eigenvalue weighted by molar-refractivity contribution is 0.0698. The predicted octanol–water partition coefficient (Wildman–Crippen LogP) is 4.07. The van der Waals surface area contributed by atoms with Gasteiger partial charge in [-0.15, -0.1) is 11.3 Å². The van der Waals surface area contributed by atoms with Crippen molar-refractivity contribution >= 4 is 67.4 Å². The van der Waals surface area contributed by atoms with E-state index >= 15 is 0 Å². The Balaban J connectivity index is 2.28. The molecule has 0 radical (unpaired) electrons. The average molecular weight is 452 g/mol. The molecule has 7 heteroatoms. The van der Waals surface area contributed by atoms with Gasteiger partial charge in [0.1, 0.15) is 0 Å². The first kappa shape index (κ1) is 14.5. The van der Waals surface area contributed by atoms with Crippen LogP contribution in [0.4, 0.5) is 5.69 Å². The number of hydrogen-bond acceptors (Lipinski definition) is 3. The van der Waals surface area contributed by atoms with Gasteiger partial charge >= 0.3 is 5.97 Å². The summed E-state index contributed by atoms with van der Waals surface area (Å²) in [7, 11) is 0. The molecular weight excluding hydrogens is 445 g/mol. The van der Waals surface area contributed by atoms with Crippen LogP contribution in [0.2, 0.25) is 0 Å². The third-order valence-electron chi connectivity index (χ3n) is 2.26. The normalized spacial score (nSPS) is 10.2. The van der Waals surface area contributed by atoms with Crippen LogP contribution in [-0.2, 0) is 0 Å². The first-order chi connectivity index (χ1) is 8.97. The number of amides is 1. The molecule has 1 heterocycles. The molecule has 0 saturated heterocycles. The van der Waals surface area contributed by atoms with Gasteiger partial charge in [0.15, 0.2) is 0 Å². The standard InChI is InChI=1S/C12H7BrINO3S/c13-10-4-3-9(19-10)11(16)15-8-2-1-6(14)5-7(8)12(17)18/h1-5H,(H,15,16)(H,17,18). The van der Waals surface area contributed by atoms with E-state index in [2.05, 4.69) is 21.2 Å². The van der Waals surface area contributed by atoms with E-state index in [1.54, 1.807) is 24.3 Å². The number of carbonyl (C=O) groups excluding carboxylic acids is 1.